The zero-order valence-corrected chi connectivity index (χ0v) is 15.2. The average molecular weight is 397 g/mol. The molecule has 3 rings (SSSR count). The summed E-state index contributed by atoms with van der Waals surface area (Å²) in [4.78, 5) is 24.0. The van der Waals surface area contributed by atoms with E-state index in [1.807, 2.05) is 30.3 Å². The number of carbonyl (C=O) groups is 2. The van der Waals surface area contributed by atoms with Gasteiger partial charge in [0.15, 0.2) is 18.2 Å². The van der Waals surface area contributed by atoms with E-state index in [0.29, 0.717) is 12.4 Å². The third kappa shape index (κ3) is 5.87. The van der Waals surface area contributed by atoms with Crippen molar-refractivity contribution < 1.29 is 27.8 Å². The van der Waals surface area contributed by atoms with Crippen molar-refractivity contribution >= 4 is 17.6 Å². The summed E-state index contributed by atoms with van der Waals surface area (Å²) in [6, 6.07) is 18.9. The average Bonchev–Trinajstić information content (AvgIpc) is 2.74. The predicted molar refractivity (Wildman–Crippen MR) is 102 cm³/mol. The summed E-state index contributed by atoms with van der Waals surface area (Å²) >= 11 is 0. The van der Waals surface area contributed by atoms with Crippen molar-refractivity contribution in [2.45, 2.75) is 6.61 Å². The molecular weight excluding hydrogens is 380 g/mol. The highest BCUT2D eigenvalue weighted by molar-refractivity contribution is 5.95. The van der Waals surface area contributed by atoms with Gasteiger partial charge < -0.3 is 14.8 Å². The van der Waals surface area contributed by atoms with E-state index in [1.54, 1.807) is 12.1 Å². The number of nitrogens with one attached hydrogen (secondary N) is 1. The molecule has 148 valence electrons. The number of hydrogen-bond acceptors (Lipinski definition) is 4. The topological polar surface area (TPSA) is 64.6 Å². The van der Waals surface area contributed by atoms with Gasteiger partial charge in [-0.15, -0.1) is 0 Å². The molecule has 1 N–H and O–H groups in total. The van der Waals surface area contributed by atoms with Crippen LogP contribution in [-0.2, 0) is 16.1 Å². The van der Waals surface area contributed by atoms with Crippen molar-refractivity contribution in [2.24, 2.45) is 0 Å². The third-order valence-electron chi connectivity index (χ3n) is 3.86. The van der Waals surface area contributed by atoms with E-state index in [4.69, 9.17) is 9.47 Å². The second-order valence-corrected chi connectivity index (χ2v) is 6.06. The lowest BCUT2D eigenvalue weighted by molar-refractivity contribution is -0.119. The molecule has 7 heteroatoms. The van der Waals surface area contributed by atoms with Crippen molar-refractivity contribution in [3.63, 3.8) is 0 Å². The van der Waals surface area contributed by atoms with E-state index >= 15 is 0 Å². The quantitative estimate of drug-likeness (QED) is 0.603. The van der Waals surface area contributed by atoms with E-state index < -0.39 is 30.1 Å². The Balaban J connectivity index is 1.52. The summed E-state index contributed by atoms with van der Waals surface area (Å²) in [5, 5.41) is 2.32. The molecule has 29 heavy (non-hydrogen) atoms. The van der Waals surface area contributed by atoms with Crippen LogP contribution in [0.4, 0.5) is 14.5 Å². The van der Waals surface area contributed by atoms with Crippen molar-refractivity contribution in [1.82, 2.24) is 0 Å². The first-order chi connectivity index (χ1) is 14.0. The van der Waals surface area contributed by atoms with Crippen LogP contribution in [0.25, 0.3) is 0 Å². The number of amides is 1. The molecular formula is C22H17F2NO4. The minimum Gasteiger partial charge on any atom is -0.489 e. The smallest absolute Gasteiger partial charge is 0.338 e. The zero-order valence-electron chi connectivity index (χ0n) is 15.2. The molecule has 0 saturated heterocycles. The van der Waals surface area contributed by atoms with Gasteiger partial charge in [0.1, 0.15) is 12.4 Å². The fourth-order valence-corrected chi connectivity index (χ4v) is 2.44. The number of anilines is 1. The van der Waals surface area contributed by atoms with Gasteiger partial charge in [0.2, 0.25) is 0 Å². The molecule has 3 aromatic carbocycles. The van der Waals surface area contributed by atoms with Crippen LogP contribution < -0.4 is 10.1 Å². The molecule has 0 aliphatic carbocycles. The first-order valence-corrected chi connectivity index (χ1v) is 8.70. The lowest BCUT2D eigenvalue weighted by atomic mass is 10.2. The fraction of sp³-hybridized carbons (Fsp3) is 0.0909. The van der Waals surface area contributed by atoms with E-state index in [9.17, 15) is 18.4 Å². The van der Waals surface area contributed by atoms with Crippen LogP contribution in [0, 0.1) is 11.6 Å². The first kappa shape index (κ1) is 20.0. The van der Waals surface area contributed by atoms with E-state index in [2.05, 4.69) is 5.32 Å². The van der Waals surface area contributed by atoms with Gasteiger partial charge >= 0.3 is 5.97 Å². The largest absolute Gasteiger partial charge is 0.489 e. The summed E-state index contributed by atoms with van der Waals surface area (Å²) < 4.78 is 36.7. The van der Waals surface area contributed by atoms with Crippen LogP contribution in [0.5, 0.6) is 5.75 Å². The molecule has 3 aromatic rings. The molecule has 0 radical (unpaired) electrons. The molecule has 5 nitrogen and oxygen atoms in total. The van der Waals surface area contributed by atoms with Crippen LogP contribution in [0.15, 0.2) is 72.8 Å². The first-order valence-electron chi connectivity index (χ1n) is 8.70. The predicted octanol–water partition coefficient (Wildman–Crippen LogP) is 4.34. The second kappa shape index (κ2) is 9.45. The van der Waals surface area contributed by atoms with Crippen molar-refractivity contribution in [3.05, 3.63) is 95.6 Å². The molecule has 1 amide bonds. The maximum absolute atomic E-state index is 13.2. The van der Waals surface area contributed by atoms with Crippen LogP contribution in [-0.4, -0.2) is 18.5 Å². The van der Waals surface area contributed by atoms with Crippen LogP contribution in [0.2, 0.25) is 0 Å². The van der Waals surface area contributed by atoms with Gasteiger partial charge in [0.05, 0.1) is 5.56 Å². The molecule has 0 heterocycles. The molecule has 0 unspecified atom stereocenters. The molecule has 0 aliphatic heterocycles. The molecule has 0 aromatic heterocycles. The second-order valence-electron chi connectivity index (χ2n) is 6.06. The van der Waals surface area contributed by atoms with Crippen molar-refractivity contribution in [1.29, 1.82) is 0 Å². The van der Waals surface area contributed by atoms with Gasteiger partial charge in [-0.1, -0.05) is 36.4 Å². The van der Waals surface area contributed by atoms with E-state index in [1.165, 1.54) is 18.2 Å². The Kier molecular flexibility index (Phi) is 6.52. The van der Waals surface area contributed by atoms with E-state index in [0.717, 1.165) is 17.7 Å². The lowest BCUT2D eigenvalue weighted by Crippen LogP contribution is -2.21. The number of rotatable bonds is 7. The minimum atomic E-state index is -1.09. The van der Waals surface area contributed by atoms with Crippen LogP contribution >= 0.6 is 0 Å². The summed E-state index contributed by atoms with van der Waals surface area (Å²) in [6.45, 7) is -0.233. The highest BCUT2D eigenvalue weighted by atomic mass is 19.2. The Bertz CT molecular complexity index is 1010. The number of hydrogen-bond donors (Lipinski definition) is 1. The lowest BCUT2D eigenvalue weighted by Gasteiger charge is -2.09. The van der Waals surface area contributed by atoms with Crippen LogP contribution in [0.1, 0.15) is 15.9 Å². The number of carbonyl (C=O) groups excluding carboxylic acids is 2. The number of ether oxygens (including phenoxy) is 2. The molecule has 0 atom stereocenters. The van der Waals surface area contributed by atoms with Gasteiger partial charge in [-0.2, -0.15) is 0 Å². The monoisotopic (exact) mass is 397 g/mol. The fourth-order valence-electron chi connectivity index (χ4n) is 2.44. The van der Waals surface area contributed by atoms with Gasteiger partial charge in [-0.25, -0.2) is 13.6 Å². The molecule has 0 bridgehead atoms. The Labute approximate surface area is 165 Å². The Morgan fingerprint density at radius 1 is 0.862 bits per heavy atom. The third-order valence-corrected chi connectivity index (χ3v) is 3.86. The van der Waals surface area contributed by atoms with Gasteiger partial charge in [0.25, 0.3) is 5.91 Å². The van der Waals surface area contributed by atoms with Gasteiger partial charge in [-0.05, 0) is 35.9 Å². The maximum atomic E-state index is 13.2. The summed E-state index contributed by atoms with van der Waals surface area (Å²) in [7, 11) is 0. The molecule has 0 spiro atoms. The highest BCUT2D eigenvalue weighted by Crippen LogP contribution is 2.16. The standard InChI is InChI=1S/C22H17F2NO4/c23-19-10-9-17(12-20(19)24)25-21(26)14-29-22(27)16-7-4-8-18(11-16)28-13-15-5-2-1-3-6-15/h1-12H,13-14H2,(H,25,26). The molecule has 0 fully saturated rings. The summed E-state index contributed by atoms with van der Waals surface area (Å²) in [5.41, 5.74) is 1.26. The Morgan fingerprint density at radius 2 is 1.66 bits per heavy atom. The van der Waals surface area contributed by atoms with Crippen LogP contribution in [0.3, 0.4) is 0 Å². The normalized spacial score (nSPS) is 10.3. The Hall–Kier alpha value is -3.74. The van der Waals surface area contributed by atoms with Gasteiger partial charge in [-0.3, -0.25) is 4.79 Å². The van der Waals surface area contributed by atoms with E-state index in [-0.39, 0.29) is 11.3 Å². The van der Waals surface area contributed by atoms with Gasteiger partial charge in [0, 0.05) is 11.8 Å². The maximum Gasteiger partial charge on any atom is 0.338 e. The SMILES string of the molecule is O=C(COC(=O)c1cccc(OCc2ccccc2)c1)Nc1ccc(F)c(F)c1. The number of esters is 1. The number of benzene rings is 3. The summed E-state index contributed by atoms with van der Waals surface area (Å²) in [6.07, 6.45) is 0. The molecule has 0 saturated carbocycles. The minimum absolute atomic E-state index is 0.0567. The number of halogens is 2. The Morgan fingerprint density at radius 3 is 2.41 bits per heavy atom. The summed E-state index contributed by atoms with van der Waals surface area (Å²) in [5.74, 6) is -3.03. The van der Waals surface area contributed by atoms with Crippen molar-refractivity contribution in [2.75, 3.05) is 11.9 Å². The van der Waals surface area contributed by atoms with Crippen molar-refractivity contribution in [3.8, 4) is 5.75 Å². The highest BCUT2D eigenvalue weighted by Gasteiger charge is 2.12. The zero-order chi connectivity index (χ0) is 20.6. The molecule has 0 aliphatic rings.